The zero-order valence-electron chi connectivity index (χ0n) is 16.5. The molecule has 2 aromatic heterocycles. The zero-order valence-corrected chi connectivity index (χ0v) is 17.3. The Bertz CT molecular complexity index is 1260. The van der Waals surface area contributed by atoms with Gasteiger partial charge in [-0.2, -0.15) is 0 Å². The third-order valence-corrected chi connectivity index (χ3v) is 6.15. The van der Waals surface area contributed by atoms with Gasteiger partial charge >= 0.3 is 0 Å². The van der Waals surface area contributed by atoms with Crippen molar-refractivity contribution in [2.75, 3.05) is 5.32 Å². The summed E-state index contributed by atoms with van der Waals surface area (Å²) in [7, 11) is 0. The van der Waals surface area contributed by atoms with Crippen molar-refractivity contribution in [2.24, 2.45) is 0 Å². The van der Waals surface area contributed by atoms with Crippen LogP contribution in [0.1, 0.15) is 24.1 Å². The van der Waals surface area contributed by atoms with E-state index >= 15 is 0 Å². The Morgan fingerprint density at radius 3 is 2.62 bits per heavy atom. The fraction of sp³-hybridized carbons (Fsp3) is 0.174. The lowest BCUT2D eigenvalue weighted by Gasteiger charge is -2.16. The smallest absolute Gasteiger partial charge is 0.263 e. The van der Waals surface area contributed by atoms with Gasteiger partial charge in [0.2, 0.25) is 5.91 Å². The molecule has 146 valence electrons. The van der Waals surface area contributed by atoms with Gasteiger partial charge < -0.3 is 5.32 Å². The van der Waals surface area contributed by atoms with Crippen LogP contribution in [0.3, 0.4) is 0 Å². The molecule has 2 aromatic carbocycles. The maximum atomic E-state index is 13.3. The second-order valence-electron chi connectivity index (χ2n) is 7.07. The summed E-state index contributed by atoms with van der Waals surface area (Å²) in [5.41, 5.74) is 4.46. The Morgan fingerprint density at radius 1 is 1.10 bits per heavy atom. The molecule has 2 heterocycles. The number of thiophene rings is 1. The highest BCUT2D eigenvalue weighted by Gasteiger charge is 2.21. The standard InChI is InChI=1S/C23H21N3O2S/c1-14-8-7-11-19(15(14)2)25-21(27)16(3)26-13-24-22-20(23(26)28)18(12-29-22)17-9-5-4-6-10-17/h4-13,16H,1-3H3,(H,25,27)/t16-/m1/s1. The van der Waals surface area contributed by atoms with Crippen molar-refractivity contribution in [3.8, 4) is 11.1 Å². The van der Waals surface area contributed by atoms with Crippen molar-refractivity contribution >= 4 is 33.1 Å². The number of aryl methyl sites for hydroxylation is 1. The number of nitrogens with zero attached hydrogens (tertiary/aromatic N) is 2. The summed E-state index contributed by atoms with van der Waals surface area (Å²) < 4.78 is 1.40. The van der Waals surface area contributed by atoms with E-state index in [1.54, 1.807) is 6.92 Å². The molecule has 0 aliphatic heterocycles. The first kappa shape index (κ1) is 19.1. The van der Waals surface area contributed by atoms with Gasteiger partial charge in [-0.05, 0) is 43.5 Å². The quantitative estimate of drug-likeness (QED) is 0.525. The molecule has 0 saturated heterocycles. The van der Waals surface area contributed by atoms with Crippen molar-refractivity contribution < 1.29 is 4.79 Å². The molecule has 0 fully saturated rings. The first-order valence-electron chi connectivity index (χ1n) is 9.38. The fourth-order valence-electron chi connectivity index (χ4n) is 3.30. The van der Waals surface area contributed by atoms with Gasteiger partial charge in [-0.15, -0.1) is 11.3 Å². The number of aromatic nitrogens is 2. The number of amides is 1. The number of fused-ring (bicyclic) bond motifs is 1. The third kappa shape index (κ3) is 3.47. The van der Waals surface area contributed by atoms with Crippen molar-refractivity contribution in [3.05, 3.63) is 81.7 Å². The van der Waals surface area contributed by atoms with Crippen LogP contribution in [0, 0.1) is 13.8 Å². The van der Waals surface area contributed by atoms with E-state index in [9.17, 15) is 9.59 Å². The summed E-state index contributed by atoms with van der Waals surface area (Å²) >= 11 is 1.43. The Labute approximate surface area is 172 Å². The molecule has 0 radical (unpaired) electrons. The van der Waals surface area contributed by atoms with Gasteiger partial charge in [0.1, 0.15) is 10.9 Å². The molecule has 6 heteroatoms. The largest absolute Gasteiger partial charge is 0.324 e. The molecular weight excluding hydrogens is 382 g/mol. The van der Waals surface area contributed by atoms with Gasteiger partial charge in [-0.25, -0.2) is 4.98 Å². The number of rotatable bonds is 4. The van der Waals surface area contributed by atoms with E-state index in [1.165, 1.54) is 22.2 Å². The van der Waals surface area contributed by atoms with Gasteiger partial charge in [-0.3, -0.25) is 14.2 Å². The Morgan fingerprint density at radius 2 is 1.86 bits per heavy atom. The first-order chi connectivity index (χ1) is 14.0. The number of anilines is 1. The lowest BCUT2D eigenvalue weighted by atomic mass is 10.1. The highest BCUT2D eigenvalue weighted by Crippen LogP contribution is 2.30. The number of hydrogen-bond acceptors (Lipinski definition) is 4. The van der Waals surface area contributed by atoms with Crippen molar-refractivity contribution in [3.63, 3.8) is 0 Å². The Kier molecular flexibility index (Phi) is 5.03. The monoisotopic (exact) mass is 403 g/mol. The van der Waals surface area contributed by atoms with Gasteiger partial charge in [0.05, 0.1) is 11.7 Å². The zero-order chi connectivity index (χ0) is 20.5. The van der Waals surface area contributed by atoms with Crippen molar-refractivity contribution in [1.29, 1.82) is 0 Å². The van der Waals surface area contributed by atoms with Crippen LogP contribution in [-0.4, -0.2) is 15.5 Å². The van der Waals surface area contributed by atoms with E-state index in [0.29, 0.717) is 10.2 Å². The topological polar surface area (TPSA) is 64.0 Å². The molecule has 0 unspecified atom stereocenters. The molecule has 1 N–H and O–H groups in total. The third-order valence-electron chi connectivity index (χ3n) is 5.26. The van der Waals surface area contributed by atoms with Gasteiger partial charge in [0.15, 0.2) is 0 Å². The highest BCUT2D eigenvalue weighted by molar-refractivity contribution is 7.17. The molecule has 5 nitrogen and oxygen atoms in total. The van der Waals surface area contributed by atoms with Crippen LogP contribution in [0.2, 0.25) is 0 Å². The van der Waals surface area contributed by atoms with E-state index in [-0.39, 0.29) is 11.5 Å². The van der Waals surface area contributed by atoms with Crippen LogP contribution in [0.25, 0.3) is 21.3 Å². The number of carbonyl (C=O) groups excluding carboxylic acids is 1. The van der Waals surface area contributed by atoms with Crippen LogP contribution >= 0.6 is 11.3 Å². The van der Waals surface area contributed by atoms with Gasteiger partial charge in [-0.1, -0.05) is 42.5 Å². The molecule has 1 atom stereocenters. The maximum absolute atomic E-state index is 13.3. The normalized spacial score (nSPS) is 12.1. The number of benzene rings is 2. The average molecular weight is 404 g/mol. The molecule has 29 heavy (non-hydrogen) atoms. The second kappa shape index (κ2) is 7.64. The summed E-state index contributed by atoms with van der Waals surface area (Å²) in [6.45, 7) is 5.68. The highest BCUT2D eigenvalue weighted by atomic mass is 32.1. The summed E-state index contributed by atoms with van der Waals surface area (Å²) in [5, 5.41) is 5.44. The fourth-order valence-corrected chi connectivity index (χ4v) is 4.21. The summed E-state index contributed by atoms with van der Waals surface area (Å²) in [6.07, 6.45) is 1.46. The van der Waals surface area contributed by atoms with Crippen LogP contribution < -0.4 is 10.9 Å². The van der Waals surface area contributed by atoms with Crippen LogP contribution in [0.15, 0.2) is 65.0 Å². The van der Waals surface area contributed by atoms with E-state index in [0.717, 1.165) is 27.9 Å². The second-order valence-corrected chi connectivity index (χ2v) is 7.92. The summed E-state index contributed by atoms with van der Waals surface area (Å²) in [4.78, 5) is 31.2. The van der Waals surface area contributed by atoms with E-state index < -0.39 is 6.04 Å². The minimum atomic E-state index is -0.692. The molecule has 4 rings (SSSR count). The number of nitrogens with one attached hydrogen (secondary N) is 1. The lowest BCUT2D eigenvalue weighted by Crippen LogP contribution is -2.32. The Hall–Kier alpha value is -3.25. The summed E-state index contributed by atoms with van der Waals surface area (Å²) in [6, 6.07) is 14.8. The van der Waals surface area contributed by atoms with Gasteiger partial charge in [0.25, 0.3) is 5.56 Å². The van der Waals surface area contributed by atoms with Gasteiger partial charge in [0, 0.05) is 16.6 Å². The maximum Gasteiger partial charge on any atom is 0.263 e. The van der Waals surface area contributed by atoms with Crippen LogP contribution in [0.5, 0.6) is 0 Å². The lowest BCUT2D eigenvalue weighted by molar-refractivity contribution is -0.118. The van der Waals surface area contributed by atoms with Crippen LogP contribution in [0.4, 0.5) is 5.69 Å². The SMILES string of the molecule is Cc1cccc(NC(=O)[C@@H](C)n2cnc3scc(-c4ccccc4)c3c2=O)c1C. The number of carbonyl (C=O) groups is 1. The predicted octanol–water partition coefficient (Wildman–Crippen LogP) is 4.94. The van der Waals surface area contributed by atoms with Crippen molar-refractivity contribution in [1.82, 2.24) is 9.55 Å². The Balaban J connectivity index is 1.72. The molecular formula is C23H21N3O2S. The van der Waals surface area contributed by atoms with E-state index in [4.69, 9.17) is 0 Å². The molecule has 0 aliphatic rings. The van der Waals surface area contributed by atoms with E-state index in [2.05, 4.69) is 10.3 Å². The predicted molar refractivity (Wildman–Crippen MR) is 119 cm³/mol. The molecule has 1 amide bonds. The minimum absolute atomic E-state index is 0.210. The molecule has 0 bridgehead atoms. The molecule has 4 aromatic rings. The summed E-state index contributed by atoms with van der Waals surface area (Å²) in [5.74, 6) is -0.251. The number of hydrogen-bond donors (Lipinski definition) is 1. The first-order valence-corrected chi connectivity index (χ1v) is 10.3. The molecule has 0 spiro atoms. The van der Waals surface area contributed by atoms with E-state index in [1.807, 2.05) is 67.8 Å². The molecule has 0 aliphatic carbocycles. The molecule has 0 saturated carbocycles. The average Bonchev–Trinajstić information content (AvgIpc) is 3.17. The minimum Gasteiger partial charge on any atom is -0.324 e. The van der Waals surface area contributed by atoms with Crippen LogP contribution in [-0.2, 0) is 4.79 Å². The van der Waals surface area contributed by atoms with Crippen molar-refractivity contribution in [2.45, 2.75) is 26.8 Å².